The minimum Gasteiger partial charge on any atom is -0.456 e. The van der Waals surface area contributed by atoms with Crippen molar-refractivity contribution in [3.8, 4) is 44.5 Å². The lowest BCUT2D eigenvalue weighted by Crippen LogP contribution is -2.17. The highest BCUT2D eigenvalue weighted by molar-refractivity contribution is 6.17. The lowest BCUT2D eigenvalue weighted by Gasteiger charge is -2.30. The van der Waals surface area contributed by atoms with E-state index in [0.29, 0.717) is 0 Å². The Hall–Kier alpha value is -6.64. The summed E-state index contributed by atoms with van der Waals surface area (Å²) in [5, 5.41) is 2.32. The van der Waals surface area contributed by atoms with E-state index in [2.05, 4.69) is 207 Å². The highest BCUT2D eigenvalue weighted by Crippen LogP contribution is 2.57. The number of fused-ring (bicyclic) bond motifs is 6. The Morgan fingerprint density at radius 2 is 1.00 bits per heavy atom. The Morgan fingerprint density at radius 1 is 0.415 bits per heavy atom. The molecule has 0 atom stereocenters. The van der Waals surface area contributed by atoms with Crippen LogP contribution < -0.4 is 4.90 Å². The number of para-hydroxylation sites is 2. The first kappa shape index (κ1) is 31.1. The van der Waals surface area contributed by atoms with Crippen LogP contribution in [0.3, 0.4) is 0 Å². The van der Waals surface area contributed by atoms with Gasteiger partial charge in [0.1, 0.15) is 11.2 Å². The van der Waals surface area contributed by atoms with Gasteiger partial charge >= 0.3 is 0 Å². The Kier molecular flexibility index (Phi) is 7.19. The second-order valence-electron chi connectivity index (χ2n) is 14.5. The molecule has 0 aliphatic heterocycles. The molecular formula is C51H37NO. The number of hydrogen-bond donors (Lipinski definition) is 0. The minimum absolute atomic E-state index is 0.279. The number of furan rings is 1. The van der Waals surface area contributed by atoms with E-state index in [1.54, 1.807) is 0 Å². The number of rotatable bonds is 6. The lowest BCUT2D eigenvalue weighted by molar-refractivity contribution is 0.647. The molecular weight excluding hydrogens is 643 g/mol. The summed E-state index contributed by atoms with van der Waals surface area (Å²) in [6.07, 6.45) is 0. The van der Waals surface area contributed by atoms with E-state index >= 15 is 0 Å². The Morgan fingerprint density at radius 3 is 1.74 bits per heavy atom. The SMILES string of the molecule is CC1(C)c2cc(N(c3ccc(-c4ccccc4)cc3)c3ccccc3-c3ccccc3)ccc2-c2c1cc1oc3ccccc3c1c2-c1ccccc1. The largest absolute Gasteiger partial charge is 0.456 e. The summed E-state index contributed by atoms with van der Waals surface area (Å²) in [7, 11) is 0. The molecule has 0 saturated carbocycles. The lowest BCUT2D eigenvalue weighted by atomic mass is 9.81. The predicted octanol–water partition coefficient (Wildman–Crippen LogP) is 14.4. The van der Waals surface area contributed by atoms with Gasteiger partial charge in [0.05, 0.1) is 5.69 Å². The van der Waals surface area contributed by atoms with Gasteiger partial charge in [-0.05, 0) is 87.0 Å². The van der Waals surface area contributed by atoms with Crippen molar-refractivity contribution in [2.45, 2.75) is 19.3 Å². The van der Waals surface area contributed by atoms with Gasteiger partial charge < -0.3 is 9.32 Å². The van der Waals surface area contributed by atoms with Crippen molar-refractivity contribution in [1.29, 1.82) is 0 Å². The summed E-state index contributed by atoms with van der Waals surface area (Å²) in [5.74, 6) is 0. The first-order valence-electron chi connectivity index (χ1n) is 18.4. The van der Waals surface area contributed by atoms with Crippen LogP contribution in [0.2, 0.25) is 0 Å². The molecule has 8 aromatic carbocycles. The second kappa shape index (κ2) is 12.3. The summed E-state index contributed by atoms with van der Waals surface area (Å²) in [6.45, 7) is 4.73. The zero-order valence-corrected chi connectivity index (χ0v) is 29.8. The van der Waals surface area contributed by atoms with Gasteiger partial charge in [0.2, 0.25) is 0 Å². The van der Waals surface area contributed by atoms with Crippen molar-refractivity contribution in [3.05, 3.63) is 199 Å². The van der Waals surface area contributed by atoms with Crippen LogP contribution in [0, 0.1) is 0 Å². The van der Waals surface area contributed by atoms with Crippen LogP contribution in [0.4, 0.5) is 17.1 Å². The highest BCUT2D eigenvalue weighted by atomic mass is 16.3. The summed E-state index contributed by atoms with van der Waals surface area (Å²) < 4.78 is 6.60. The molecule has 0 spiro atoms. The monoisotopic (exact) mass is 679 g/mol. The number of hydrogen-bond acceptors (Lipinski definition) is 2. The minimum atomic E-state index is -0.279. The van der Waals surface area contributed by atoms with Gasteiger partial charge in [-0.3, -0.25) is 0 Å². The van der Waals surface area contributed by atoms with E-state index in [0.717, 1.165) is 33.6 Å². The predicted molar refractivity (Wildman–Crippen MR) is 222 cm³/mol. The van der Waals surface area contributed by atoms with Gasteiger partial charge in [0.15, 0.2) is 0 Å². The van der Waals surface area contributed by atoms with Gasteiger partial charge in [0.25, 0.3) is 0 Å². The van der Waals surface area contributed by atoms with Crippen molar-refractivity contribution >= 4 is 39.0 Å². The molecule has 0 radical (unpaired) electrons. The van der Waals surface area contributed by atoms with Crippen molar-refractivity contribution in [3.63, 3.8) is 0 Å². The average molecular weight is 680 g/mol. The van der Waals surface area contributed by atoms with Crippen LogP contribution in [0.15, 0.2) is 192 Å². The molecule has 0 bridgehead atoms. The highest BCUT2D eigenvalue weighted by Gasteiger charge is 2.39. The number of anilines is 3. The summed E-state index contributed by atoms with van der Waals surface area (Å²) in [6, 6.07) is 67.7. The molecule has 53 heavy (non-hydrogen) atoms. The van der Waals surface area contributed by atoms with E-state index in [1.165, 1.54) is 61.0 Å². The zero-order chi connectivity index (χ0) is 35.5. The Labute approximate surface area is 310 Å². The van der Waals surface area contributed by atoms with Crippen LogP contribution in [-0.4, -0.2) is 0 Å². The molecule has 2 heteroatoms. The zero-order valence-electron chi connectivity index (χ0n) is 29.8. The van der Waals surface area contributed by atoms with Crippen LogP contribution >= 0.6 is 0 Å². The van der Waals surface area contributed by atoms with Crippen LogP contribution in [0.5, 0.6) is 0 Å². The molecule has 1 aliphatic rings. The smallest absolute Gasteiger partial charge is 0.136 e. The van der Waals surface area contributed by atoms with Crippen molar-refractivity contribution < 1.29 is 4.42 Å². The van der Waals surface area contributed by atoms with E-state index in [1.807, 2.05) is 0 Å². The van der Waals surface area contributed by atoms with E-state index in [4.69, 9.17) is 4.42 Å². The molecule has 252 valence electrons. The van der Waals surface area contributed by atoms with Crippen LogP contribution in [-0.2, 0) is 5.41 Å². The van der Waals surface area contributed by atoms with E-state index in [9.17, 15) is 0 Å². The number of benzene rings is 8. The Balaban J connectivity index is 1.20. The summed E-state index contributed by atoms with van der Waals surface area (Å²) >= 11 is 0. The molecule has 1 aliphatic carbocycles. The van der Waals surface area contributed by atoms with Gasteiger partial charge in [-0.1, -0.05) is 159 Å². The fraction of sp³-hybridized carbons (Fsp3) is 0.0588. The number of nitrogens with zero attached hydrogens (tertiary/aromatic N) is 1. The van der Waals surface area contributed by atoms with Crippen LogP contribution in [0.25, 0.3) is 66.4 Å². The molecule has 10 rings (SSSR count). The standard InChI is InChI=1S/C51H37NO/c1-51(2)43-32-39(30-31-41(43)49-44(51)33-47-50(42-23-13-15-25-46(42)53-47)48(49)37-20-10-5-11-21-37)52(38-28-26-35(27-29-38)34-16-6-3-7-17-34)45-24-14-12-22-40(45)36-18-8-4-9-19-36/h3-33H,1-2H3. The molecule has 0 fully saturated rings. The molecule has 2 nitrogen and oxygen atoms in total. The van der Waals surface area contributed by atoms with Gasteiger partial charge in [-0.15, -0.1) is 0 Å². The first-order chi connectivity index (χ1) is 26.1. The third kappa shape index (κ3) is 5.02. The molecule has 1 aromatic heterocycles. The third-order valence-corrected chi connectivity index (χ3v) is 11.1. The van der Waals surface area contributed by atoms with Crippen LogP contribution in [0.1, 0.15) is 25.0 Å². The summed E-state index contributed by atoms with van der Waals surface area (Å²) in [5.41, 5.74) is 17.3. The fourth-order valence-corrected chi connectivity index (χ4v) is 8.50. The second-order valence-corrected chi connectivity index (χ2v) is 14.5. The van der Waals surface area contributed by atoms with E-state index in [-0.39, 0.29) is 5.41 Å². The molecule has 9 aromatic rings. The van der Waals surface area contributed by atoms with E-state index < -0.39 is 0 Å². The maximum Gasteiger partial charge on any atom is 0.136 e. The third-order valence-electron chi connectivity index (χ3n) is 11.1. The van der Waals surface area contributed by atoms with Gasteiger partial charge in [-0.2, -0.15) is 0 Å². The first-order valence-corrected chi connectivity index (χ1v) is 18.4. The molecule has 0 unspecified atom stereocenters. The Bertz CT molecular complexity index is 2780. The maximum atomic E-state index is 6.60. The average Bonchev–Trinajstić information content (AvgIpc) is 3.70. The molecule has 0 amide bonds. The summed E-state index contributed by atoms with van der Waals surface area (Å²) in [4.78, 5) is 2.42. The van der Waals surface area contributed by atoms with Crippen molar-refractivity contribution in [2.75, 3.05) is 4.90 Å². The molecule has 0 saturated heterocycles. The van der Waals surface area contributed by atoms with Gasteiger partial charge in [-0.25, -0.2) is 0 Å². The van der Waals surface area contributed by atoms with Gasteiger partial charge in [0, 0.05) is 38.7 Å². The quantitative estimate of drug-likeness (QED) is 0.174. The molecule has 0 N–H and O–H groups in total. The maximum absolute atomic E-state index is 6.60. The van der Waals surface area contributed by atoms with Crippen molar-refractivity contribution in [1.82, 2.24) is 0 Å². The molecule has 1 heterocycles. The topological polar surface area (TPSA) is 16.4 Å². The normalized spacial score (nSPS) is 12.9. The fourth-order valence-electron chi connectivity index (χ4n) is 8.50. The van der Waals surface area contributed by atoms with Crippen molar-refractivity contribution in [2.24, 2.45) is 0 Å².